The van der Waals surface area contributed by atoms with Crippen molar-refractivity contribution in [2.75, 3.05) is 13.7 Å². The molecule has 1 fully saturated rings. The van der Waals surface area contributed by atoms with E-state index in [2.05, 4.69) is 19.2 Å². The molecule has 0 unspecified atom stereocenters. The summed E-state index contributed by atoms with van der Waals surface area (Å²) in [6.07, 6.45) is 2.49. The molecule has 0 aromatic heterocycles. The molecule has 1 aromatic rings. The van der Waals surface area contributed by atoms with Gasteiger partial charge in [0.15, 0.2) is 0 Å². The molecule has 5 heteroatoms. The van der Waals surface area contributed by atoms with Crippen LogP contribution in [0, 0.1) is 17.3 Å². The van der Waals surface area contributed by atoms with Gasteiger partial charge in [-0.1, -0.05) is 55.2 Å². The third kappa shape index (κ3) is 3.76. The minimum atomic E-state index is -0.0937. The highest BCUT2D eigenvalue weighted by molar-refractivity contribution is 6.55. The highest BCUT2D eigenvalue weighted by atomic mass is 35.5. The van der Waals surface area contributed by atoms with Gasteiger partial charge in [0, 0.05) is 6.54 Å². The molecule has 1 N–H and O–H groups in total. The third-order valence-corrected chi connectivity index (χ3v) is 4.64. The fourth-order valence-corrected chi connectivity index (χ4v) is 3.24. The van der Waals surface area contributed by atoms with Crippen LogP contribution in [0.2, 0.25) is 0 Å². The lowest BCUT2D eigenvalue weighted by atomic mass is 10.1. The summed E-state index contributed by atoms with van der Waals surface area (Å²) in [5, 5.41) is 2.99. The van der Waals surface area contributed by atoms with Gasteiger partial charge in [0.25, 0.3) is 0 Å². The van der Waals surface area contributed by atoms with Crippen molar-refractivity contribution in [1.29, 1.82) is 0 Å². The maximum atomic E-state index is 12.3. The van der Waals surface area contributed by atoms with Gasteiger partial charge in [0.05, 0.1) is 13.0 Å². The predicted octanol–water partition coefficient (Wildman–Crippen LogP) is 3.95. The molecule has 0 bridgehead atoms. The van der Waals surface area contributed by atoms with Crippen molar-refractivity contribution in [3.8, 4) is 5.75 Å². The topological polar surface area (TPSA) is 38.3 Å². The van der Waals surface area contributed by atoms with Crippen molar-refractivity contribution in [1.82, 2.24) is 5.32 Å². The number of benzene rings is 1. The van der Waals surface area contributed by atoms with E-state index in [4.69, 9.17) is 27.9 Å². The minimum absolute atomic E-state index is 0.0516. The number of carbonyl (C=O) groups is 1. The monoisotopic (exact) mass is 341 g/mol. The SMILES string of the molecule is COc1ccccc1CCNC(=O)[C@H]1[C@@H](C=C(Cl)Cl)C1(C)C. The maximum absolute atomic E-state index is 12.3. The van der Waals surface area contributed by atoms with Gasteiger partial charge in [0.2, 0.25) is 5.91 Å². The molecule has 0 aliphatic heterocycles. The van der Waals surface area contributed by atoms with Crippen molar-refractivity contribution < 1.29 is 9.53 Å². The second-order valence-electron chi connectivity index (χ2n) is 6.13. The third-order valence-electron chi connectivity index (χ3n) is 4.38. The quantitative estimate of drug-likeness (QED) is 0.850. The zero-order valence-corrected chi connectivity index (χ0v) is 14.5. The summed E-state index contributed by atoms with van der Waals surface area (Å²) in [6.45, 7) is 4.68. The molecular weight excluding hydrogens is 321 g/mol. The Kier molecular flexibility index (Phi) is 5.41. The van der Waals surface area contributed by atoms with Crippen LogP contribution < -0.4 is 10.1 Å². The van der Waals surface area contributed by atoms with E-state index in [0.717, 1.165) is 17.7 Å². The summed E-state index contributed by atoms with van der Waals surface area (Å²) in [4.78, 5) is 12.3. The van der Waals surface area contributed by atoms with Crippen molar-refractivity contribution in [3.05, 3.63) is 40.4 Å². The first-order valence-corrected chi connectivity index (χ1v) is 8.06. The number of amides is 1. The summed E-state index contributed by atoms with van der Waals surface area (Å²) in [6, 6.07) is 7.82. The Bertz CT molecular complexity index is 580. The van der Waals surface area contributed by atoms with Crippen molar-refractivity contribution in [2.45, 2.75) is 20.3 Å². The van der Waals surface area contributed by atoms with Crippen LogP contribution in [0.15, 0.2) is 34.8 Å². The first kappa shape index (κ1) is 17.2. The normalized spacial score (nSPS) is 21.9. The Morgan fingerprint density at radius 2 is 2.05 bits per heavy atom. The lowest BCUT2D eigenvalue weighted by molar-refractivity contribution is -0.123. The van der Waals surface area contributed by atoms with E-state index in [1.807, 2.05) is 24.3 Å². The Balaban J connectivity index is 1.88. The van der Waals surface area contributed by atoms with Crippen LogP contribution in [0.5, 0.6) is 5.75 Å². The Hall–Kier alpha value is -1.19. The fraction of sp³-hybridized carbons (Fsp3) is 0.471. The van der Waals surface area contributed by atoms with E-state index in [9.17, 15) is 4.79 Å². The summed E-state index contributed by atoms with van der Waals surface area (Å²) < 4.78 is 5.53. The van der Waals surface area contributed by atoms with E-state index < -0.39 is 0 Å². The van der Waals surface area contributed by atoms with Gasteiger partial charge in [-0.05, 0) is 35.5 Å². The minimum Gasteiger partial charge on any atom is -0.496 e. The molecule has 0 heterocycles. The van der Waals surface area contributed by atoms with Gasteiger partial charge < -0.3 is 10.1 Å². The van der Waals surface area contributed by atoms with E-state index in [-0.39, 0.29) is 27.6 Å². The van der Waals surface area contributed by atoms with E-state index >= 15 is 0 Å². The lowest BCUT2D eigenvalue weighted by Crippen LogP contribution is -2.28. The second-order valence-corrected chi connectivity index (χ2v) is 7.14. The molecule has 0 spiro atoms. The number of nitrogens with one attached hydrogen (secondary N) is 1. The highest BCUT2D eigenvalue weighted by Gasteiger charge is 2.60. The van der Waals surface area contributed by atoms with Crippen molar-refractivity contribution in [3.63, 3.8) is 0 Å². The molecule has 0 radical (unpaired) electrons. The van der Waals surface area contributed by atoms with E-state index in [0.29, 0.717) is 6.54 Å². The summed E-state index contributed by atoms with van der Waals surface area (Å²) in [7, 11) is 1.65. The number of methoxy groups -OCH3 is 1. The predicted molar refractivity (Wildman–Crippen MR) is 90.3 cm³/mol. The van der Waals surface area contributed by atoms with Gasteiger partial charge in [-0.3, -0.25) is 4.79 Å². The number of rotatable bonds is 6. The van der Waals surface area contributed by atoms with Crippen LogP contribution >= 0.6 is 23.2 Å². The molecule has 1 aliphatic carbocycles. The maximum Gasteiger partial charge on any atom is 0.224 e. The van der Waals surface area contributed by atoms with Crippen LogP contribution in [0.1, 0.15) is 19.4 Å². The number of hydrogen-bond donors (Lipinski definition) is 1. The van der Waals surface area contributed by atoms with Crippen LogP contribution in [-0.4, -0.2) is 19.6 Å². The Morgan fingerprint density at radius 3 is 2.68 bits per heavy atom. The zero-order valence-electron chi connectivity index (χ0n) is 13.0. The Labute approximate surface area is 141 Å². The first-order valence-electron chi connectivity index (χ1n) is 7.30. The van der Waals surface area contributed by atoms with Gasteiger partial charge in [-0.2, -0.15) is 0 Å². The smallest absolute Gasteiger partial charge is 0.224 e. The standard InChI is InChI=1S/C17H21Cl2NO2/c1-17(2)12(10-14(18)19)15(17)16(21)20-9-8-11-6-4-5-7-13(11)22-3/h4-7,10,12,15H,8-9H2,1-3H3,(H,20,21)/t12-,15-/m1/s1. The number of halogens is 2. The molecule has 120 valence electrons. The molecule has 2 rings (SSSR count). The number of ether oxygens (including phenoxy) is 1. The Morgan fingerprint density at radius 1 is 1.36 bits per heavy atom. The van der Waals surface area contributed by atoms with Crippen molar-refractivity contribution in [2.24, 2.45) is 17.3 Å². The molecule has 3 nitrogen and oxygen atoms in total. The first-order chi connectivity index (χ1) is 10.4. The van der Waals surface area contributed by atoms with Gasteiger partial charge in [0.1, 0.15) is 10.2 Å². The number of para-hydroxylation sites is 1. The largest absolute Gasteiger partial charge is 0.496 e. The molecule has 1 aliphatic rings. The molecule has 0 saturated heterocycles. The average Bonchev–Trinajstić information content (AvgIpc) is 2.99. The van der Waals surface area contributed by atoms with E-state index in [1.54, 1.807) is 13.2 Å². The van der Waals surface area contributed by atoms with Crippen LogP contribution in [-0.2, 0) is 11.2 Å². The van der Waals surface area contributed by atoms with Gasteiger partial charge in [-0.15, -0.1) is 0 Å². The molecular formula is C17H21Cl2NO2. The van der Waals surface area contributed by atoms with Gasteiger partial charge >= 0.3 is 0 Å². The number of carbonyl (C=O) groups excluding carboxylic acids is 1. The molecule has 1 aromatic carbocycles. The number of hydrogen-bond acceptors (Lipinski definition) is 2. The number of allylic oxidation sites excluding steroid dienone is 1. The van der Waals surface area contributed by atoms with Crippen molar-refractivity contribution >= 4 is 29.1 Å². The zero-order chi connectivity index (χ0) is 16.3. The van der Waals surface area contributed by atoms with Crippen LogP contribution in [0.3, 0.4) is 0 Å². The van der Waals surface area contributed by atoms with E-state index in [1.165, 1.54) is 0 Å². The van der Waals surface area contributed by atoms with Gasteiger partial charge in [-0.25, -0.2) is 0 Å². The molecule has 1 amide bonds. The summed E-state index contributed by atoms with van der Waals surface area (Å²) in [5.41, 5.74) is 0.990. The summed E-state index contributed by atoms with van der Waals surface area (Å²) in [5.74, 6) is 0.926. The molecule has 2 atom stereocenters. The average molecular weight is 342 g/mol. The lowest BCUT2D eigenvalue weighted by Gasteiger charge is -2.09. The fourth-order valence-electron chi connectivity index (χ4n) is 2.97. The summed E-state index contributed by atoms with van der Waals surface area (Å²) >= 11 is 11.4. The van der Waals surface area contributed by atoms with Crippen LogP contribution in [0.25, 0.3) is 0 Å². The van der Waals surface area contributed by atoms with Crippen LogP contribution in [0.4, 0.5) is 0 Å². The second kappa shape index (κ2) is 6.93. The molecule has 1 saturated carbocycles. The molecule has 22 heavy (non-hydrogen) atoms. The highest BCUT2D eigenvalue weighted by Crippen LogP contribution is 2.59.